The Morgan fingerprint density at radius 1 is 1.15 bits per heavy atom. The Kier molecular flexibility index (Phi) is 6.42. The summed E-state index contributed by atoms with van der Waals surface area (Å²) in [4.78, 5) is 17.5. The van der Waals surface area contributed by atoms with Crippen molar-refractivity contribution in [3.63, 3.8) is 0 Å². The summed E-state index contributed by atoms with van der Waals surface area (Å²) in [6.45, 7) is 2.98. The summed E-state index contributed by atoms with van der Waals surface area (Å²) in [5, 5.41) is 3.32. The topological polar surface area (TPSA) is 69.8 Å². The molecule has 172 valence electrons. The van der Waals surface area contributed by atoms with Crippen molar-refractivity contribution in [3.05, 3.63) is 84.3 Å². The van der Waals surface area contributed by atoms with Crippen molar-refractivity contribution in [2.75, 3.05) is 11.9 Å². The molecule has 1 aromatic carbocycles. The fourth-order valence-electron chi connectivity index (χ4n) is 4.33. The van der Waals surface area contributed by atoms with Crippen molar-refractivity contribution in [2.45, 2.75) is 38.6 Å². The normalized spacial score (nSPS) is 15.1. The van der Waals surface area contributed by atoms with Gasteiger partial charge in [0.2, 0.25) is 11.6 Å². The van der Waals surface area contributed by atoms with Gasteiger partial charge < -0.3 is 9.88 Å². The molecule has 0 spiro atoms. The van der Waals surface area contributed by atoms with Crippen molar-refractivity contribution in [2.24, 2.45) is 0 Å². The highest BCUT2D eigenvalue weighted by Crippen LogP contribution is 2.39. The van der Waals surface area contributed by atoms with Crippen LogP contribution in [-0.2, 0) is 6.42 Å². The zero-order chi connectivity index (χ0) is 23.3. The monoisotopic (exact) mass is 455 g/mol. The van der Waals surface area contributed by atoms with Crippen molar-refractivity contribution >= 4 is 12.0 Å². The third kappa shape index (κ3) is 4.59. The van der Waals surface area contributed by atoms with Crippen molar-refractivity contribution in [3.8, 4) is 22.6 Å². The van der Waals surface area contributed by atoms with Crippen molar-refractivity contribution in [1.29, 1.82) is 0 Å². The number of allylic oxidation sites excluding steroid dienone is 1. The van der Waals surface area contributed by atoms with E-state index in [0.717, 1.165) is 66.4 Å². The van der Waals surface area contributed by atoms with Crippen LogP contribution in [0.15, 0.2) is 67.0 Å². The summed E-state index contributed by atoms with van der Waals surface area (Å²) >= 11 is 0. The number of unbranched alkanes of at least 4 members (excludes halogenated alkanes) is 1. The van der Waals surface area contributed by atoms with Crippen LogP contribution >= 0.6 is 0 Å². The molecule has 0 amide bonds. The molecule has 6 nitrogen and oxygen atoms in total. The molecule has 4 heterocycles. The van der Waals surface area contributed by atoms with Gasteiger partial charge in [0, 0.05) is 42.9 Å². The molecule has 7 heteroatoms. The standard InChI is InChI=1S/C27H27FN6/c1-2-3-16-30-27-31-18-15-23(32-27)26-25(19-7-9-20(28)10-8-19)33-24-14-13-22(34(24)26)12-11-21-6-4-5-17-29-21/h4-12,15,17-18,22H,2-3,13-14,16H2,1H3,(H,30,31,32)/p+1/b12-11+. The second-order valence-corrected chi connectivity index (χ2v) is 8.43. The highest BCUT2D eigenvalue weighted by molar-refractivity contribution is 5.78. The first-order chi connectivity index (χ1) is 16.7. The average molecular weight is 456 g/mol. The van der Waals surface area contributed by atoms with Gasteiger partial charge in [0.05, 0.1) is 23.1 Å². The van der Waals surface area contributed by atoms with Crippen LogP contribution in [0, 0.1) is 5.82 Å². The number of benzene rings is 1. The molecule has 0 aliphatic carbocycles. The van der Waals surface area contributed by atoms with Crippen molar-refractivity contribution < 1.29 is 9.37 Å². The number of halogens is 1. The Morgan fingerprint density at radius 2 is 2.03 bits per heavy atom. The van der Waals surface area contributed by atoms with Gasteiger partial charge in [-0.3, -0.25) is 0 Å². The molecule has 1 unspecified atom stereocenters. The Balaban J connectivity index is 1.58. The molecular formula is C27H28FN6+. The Hall–Kier alpha value is -3.87. The van der Waals surface area contributed by atoms with E-state index in [1.807, 2.05) is 30.5 Å². The first-order valence-corrected chi connectivity index (χ1v) is 11.8. The Bertz CT molecular complexity index is 1280. The molecule has 1 aliphatic heterocycles. The molecule has 0 radical (unpaired) electrons. The van der Waals surface area contributed by atoms with Crippen molar-refractivity contribution in [1.82, 2.24) is 19.5 Å². The number of nitrogens with one attached hydrogen (secondary N) is 2. The molecule has 5 rings (SSSR count). The van der Waals surface area contributed by atoms with Crippen LogP contribution < -0.4 is 10.3 Å². The first-order valence-electron chi connectivity index (χ1n) is 11.8. The number of fused-ring (bicyclic) bond motifs is 1. The number of aromatic amines is 1. The second-order valence-electron chi connectivity index (χ2n) is 8.43. The molecule has 34 heavy (non-hydrogen) atoms. The molecule has 2 N–H and O–H groups in total. The van der Waals surface area contributed by atoms with Crippen LogP contribution in [0.1, 0.15) is 43.7 Å². The number of H-pyrrole nitrogens is 1. The minimum absolute atomic E-state index is 0.145. The third-order valence-electron chi connectivity index (χ3n) is 6.04. The maximum atomic E-state index is 13.6. The van der Waals surface area contributed by atoms with Crippen LogP contribution in [0.5, 0.6) is 0 Å². The van der Waals surface area contributed by atoms with Crippen LogP contribution in [0.3, 0.4) is 0 Å². The van der Waals surface area contributed by atoms with E-state index in [9.17, 15) is 4.39 Å². The van der Waals surface area contributed by atoms with Gasteiger partial charge in [0.25, 0.3) is 0 Å². The number of hydrogen-bond donors (Lipinski definition) is 1. The van der Waals surface area contributed by atoms with Gasteiger partial charge in [0.15, 0.2) is 6.20 Å². The van der Waals surface area contributed by atoms with Gasteiger partial charge in [-0.2, -0.15) is 0 Å². The molecular weight excluding hydrogens is 427 g/mol. The smallest absolute Gasteiger partial charge is 0.223 e. The lowest BCUT2D eigenvalue weighted by atomic mass is 10.1. The lowest BCUT2D eigenvalue weighted by Crippen LogP contribution is -2.08. The van der Waals surface area contributed by atoms with Crippen LogP contribution in [-0.4, -0.2) is 26.1 Å². The van der Waals surface area contributed by atoms with E-state index in [1.165, 1.54) is 12.1 Å². The van der Waals surface area contributed by atoms with Gasteiger partial charge in [0.1, 0.15) is 11.6 Å². The number of aromatic nitrogens is 5. The van der Waals surface area contributed by atoms with E-state index < -0.39 is 0 Å². The molecule has 0 saturated heterocycles. The Morgan fingerprint density at radius 3 is 2.82 bits per heavy atom. The highest BCUT2D eigenvalue weighted by Gasteiger charge is 2.29. The lowest BCUT2D eigenvalue weighted by Gasteiger charge is -2.15. The van der Waals surface area contributed by atoms with Crippen LogP contribution in [0.25, 0.3) is 28.7 Å². The fraction of sp³-hybridized carbons (Fsp3) is 0.259. The summed E-state index contributed by atoms with van der Waals surface area (Å²) in [5.74, 6) is 1.36. The summed E-state index contributed by atoms with van der Waals surface area (Å²) in [6, 6.07) is 14.6. The number of rotatable bonds is 8. The lowest BCUT2D eigenvalue weighted by molar-refractivity contribution is -0.380. The van der Waals surface area contributed by atoms with E-state index in [1.54, 1.807) is 18.3 Å². The maximum Gasteiger partial charge on any atom is 0.223 e. The van der Waals surface area contributed by atoms with E-state index >= 15 is 0 Å². The molecule has 0 bridgehead atoms. The summed E-state index contributed by atoms with van der Waals surface area (Å²) < 4.78 is 15.9. The molecule has 4 aromatic rings. The summed E-state index contributed by atoms with van der Waals surface area (Å²) in [7, 11) is 0. The number of imidazole rings is 1. The van der Waals surface area contributed by atoms with E-state index in [2.05, 4.69) is 38.9 Å². The molecule has 3 aromatic heterocycles. The van der Waals surface area contributed by atoms with E-state index in [0.29, 0.717) is 5.95 Å². The fourth-order valence-corrected chi connectivity index (χ4v) is 4.33. The summed E-state index contributed by atoms with van der Waals surface area (Å²) in [5.41, 5.74) is 4.47. The van der Waals surface area contributed by atoms with Crippen LogP contribution in [0.2, 0.25) is 0 Å². The van der Waals surface area contributed by atoms with Gasteiger partial charge in [-0.05, 0) is 49.2 Å². The minimum atomic E-state index is -0.263. The van der Waals surface area contributed by atoms with Crippen LogP contribution in [0.4, 0.5) is 10.3 Å². The van der Waals surface area contributed by atoms with Gasteiger partial charge >= 0.3 is 0 Å². The number of pyridine rings is 1. The van der Waals surface area contributed by atoms with Gasteiger partial charge in [-0.15, -0.1) is 0 Å². The first kappa shape index (κ1) is 21.9. The van der Waals surface area contributed by atoms with E-state index in [4.69, 9.17) is 9.97 Å². The third-order valence-corrected chi connectivity index (χ3v) is 6.04. The Labute approximate surface area is 198 Å². The SMILES string of the molecule is CCCCNc1nccc(-c2c(-c3ccc(F)cc3)nc3n2C(/C=C/c2cccc[nH+]2)CC3)n1. The van der Waals surface area contributed by atoms with E-state index in [-0.39, 0.29) is 11.9 Å². The zero-order valence-corrected chi connectivity index (χ0v) is 19.2. The molecule has 1 atom stereocenters. The predicted molar refractivity (Wildman–Crippen MR) is 131 cm³/mol. The maximum absolute atomic E-state index is 13.6. The predicted octanol–water partition coefficient (Wildman–Crippen LogP) is 5.37. The van der Waals surface area contributed by atoms with Gasteiger partial charge in [-0.1, -0.05) is 19.4 Å². The average Bonchev–Trinajstić information content (AvgIpc) is 3.44. The zero-order valence-electron chi connectivity index (χ0n) is 19.2. The highest BCUT2D eigenvalue weighted by atomic mass is 19.1. The number of aryl methyl sites for hydroxylation is 1. The van der Waals surface area contributed by atoms with Gasteiger partial charge in [-0.25, -0.2) is 24.3 Å². The molecule has 0 fully saturated rings. The molecule has 0 saturated carbocycles. The number of hydrogen-bond acceptors (Lipinski definition) is 4. The largest absolute Gasteiger partial charge is 0.354 e. The number of nitrogens with zero attached hydrogens (tertiary/aromatic N) is 4. The summed E-state index contributed by atoms with van der Waals surface area (Å²) in [6.07, 6.45) is 12.0. The molecule has 1 aliphatic rings. The minimum Gasteiger partial charge on any atom is -0.354 e. The quantitative estimate of drug-likeness (QED) is 0.363. The number of anilines is 1. The second kappa shape index (κ2) is 9.95.